The number of rotatable bonds is 6. The molecule has 24 heavy (non-hydrogen) atoms. The Hall–Kier alpha value is -1.93. The van der Waals surface area contributed by atoms with Crippen LogP contribution in [0.15, 0.2) is 33.4 Å². The normalized spacial score (nSPS) is 15.2. The van der Waals surface area contributed by atoms with Gasteiger partial charge in [-0.25, -0.2) is 0 Å². The number of nitrogens with one attached hydrogen (secondary N) is 2. The Kier molecular flexibility index (Phi) is 5.81. The average molecular weight is 395 g/mol. The third kappa shape index (κ3) is 4.78. The summed E-state index contributed by atoms with van der Waals surface area (Å²) >= 11 is 3.27. The molecule has 7 nitrogen and oxygen atoms in total. The first-order chi connectivity index (χ1) is 11.7. The second-order valence-electron chi connectivity index (χ2n) is 5.55. The monoisotopic (exact) mass is 394 g/mol. The summed E-state index contributed by atoms with van der Waals surface area (Å²) in [6, 6.07) is 7.36. The van der Waals surface area contributed by atoms with E-state index in [4.69, 9.17) is 9.15 Å². The lowest BCUT2D eigenvalue weighted by molar-refractivity contribution is 0.0693. The predicted octanol–water partition coefficient (Wildman–Crippen LogP) is 2.40. The molecule has 3 rings (SSSR count). The molecule has 1 aliphatic rings. The number of carbonyl (C=O) groups is 1. The van der Waals surface area contributed by atoms with Crippen LogP contribution < -0.4 is 10.6 Å². The van der Waals surface area contributed by atoms with Crippen molar-refractivity contribution in [2.24, 2.45) is 0 Å². The molecule has 0 atom stereocenters. The van der Waals surface area contributed by atoms with Crippen molar-refractivity contribution in [1.29, 1.82) is 0 Å². The number of amides is 1. The molecule has 1 amide bonds. The van der Waals surface area contributed by atoms with Gasteiger partial charge in [0.25, 0.3) is 5.91 Å². The zero-order valence-corrected chi connectivity index (χ0v) is 14.7. The Morgan fingerprint density at radius 3 is 2.71 bits per heavy atom. The van der Waals surface area contributed by atoms with Gasteiger partial charge >= 0.3 is 0 Å². The van der Waals surface area contributed by atoms with Crippen LogP contribution in [0.2, 0.25) is 0 Å². The van der Waals surface area contributed by atoms with Gasteiger partial charge < -0.3 is 19.8 Å². The Balaban J connectivity index is 1.46. The van der Waals surface area contributed by atoms with Crippen molar-refractivity contribution in [2.75, 3.05) is 25.1 Å². The molecule has 128 valence electrons. The molecule has 0 aromatic carbocycles. The van der Waals surface area contributed by atoms with Crippen molar-refractivity contribution >= 4 is 27.7 Å². The molecule has 0 spiro atoms. The third-order valence-corrected chi connectivity index (χ3v) is 4.19. The van der Waals surface area contributed by atoms with Gasteiger partial charge in [0, 0.05) is 32.2 Å². The van der Waals surface area contributed by atoms with Crippen molar-refractivity contribution in [3.8, 4) is 0 Å². The van der Waals surface area contributed by atoms with E-state index in [9.17, 15) is 4.79 Å². The van der Waals surface area contributed by atoms with Crippen LogP contribution in [0.1, 0.15) is 29.1 Å². The van der Waals surface area contributed by atoms with Gasteiger partial charge in [-0.1, -0.05) is 0 Å². The molecule has 0 aliphatic carbocycles. The summed E-state index contributed by atoms with van der Waals surface area (Å²) in [5.41, 5.74) is 0.321. The number of hydrogen-bond acceptors (Lipinski definition) is 6. The van der Waals surface area contributed by atoms with Crippen molar-refractivity contribution in [1.82, 2.24) is 15.5 Å². The molecule has 2 N–H and O–H groups in total. The summed E-state index contributed by atoms with van der Waals surface area (Å²) < 4.78 is 11.4. The topological polar surface area (TPSA) is 89.3 Å². The van der Waals surface area contributed by atoms with Crippen LogP contribution in [0.4, 0.5) is 5.82 Å². The van der Waals surface area contributed by atoms with Crippen molar-refractivity contribution in [3.05, 3.63) is 40.4 Å². The van der Waals surface area contributed by atoms with E-state index in [1.54, 1.807) is 12.1 Å². The Labute approximate surface area is 148 Å². The maximum atomic E-state index is 12.1. The Morgan fingerprint density at radius 1 is 1.21 bits per heavy atom. The van der Waals surface area contributed by atoms with Gasteiger partial charge in [-0.3, -0.25) is 4.79 Å². The first-order valence-electron chi connectivity index (χ1n) is 7.91. The molecular weight excluding hydrogens is 376 g/mol. The van der Waals surface area contributed by atoms with E-state index in [-0.39, 0.29) is 11.9 Å². The minimum absolute atomic E-state index is 0.151. The number of carbonyl (C=O) groups excluding carboxylic acids is 1. The maximum absolute atomic E-state index is 12.1. The third-order valence-electron chi connectivity index (χ3n) is 3.76. The molecule has 8 heteroatoms. The van der Waals surface area contributed by atoms with Gasteiger partial charge in [0.1, 0.15) is 11.6 Å². The number of nitrogens with zero attached hydrogens (tertiary/aromatic N) is 2. The minimum atomic E-state index is -0.193. The maximum Gasteiger partial charge on any atom is 0.272 e. The highest BCUT2D eigenvalue weighted by Crippen LogP contribution is 2.14. The SMILES string of the molecule is O=C(NC1CCOCC1)c1ccc(NCCc2ccc(Br)o2)nn1. The summed E-state index contributed by atoms with van der Waals surface area (Å²) in [5.74, 6) is 1.32. The van der Waals surface area contributed by atoms with E-state index in [2.05, 4.69) is 36.8 Å². The summed E-state index contributed by atoms with van der Waals surface area (Å²) in [5, 5.41) is 14.1. The van der Waals surface area contributed by atoms with Gasteiger partial charge in [-0.05, 0) is 53.0 Å². The van der Waals surface area contributed by atoms with E-state index in [1.807, 2.05) is 12.1 Å². The van der Waals surface area contributed by atoms with Crippen LogP contribution in [0, 0.1) is 0 Å². The molecule has 0 unspecified atom stereocenters. The summed E-state index contributed by atoms with van der Waals surface area (Å²) in [4.78, 5) is 12.1. The van der Waals surface area contributed by atoms with E-state index < -0.39 is 0 Å². The lowest BCUT2D eigenvalue weighted by Gasteiger charge is -2.22. The molecule has 0 radical (unpaired) electrons. The van der Waals surface area contributed by atoms with Crippen LogP contribution in [0.5, 0.6) is 0 Å². The first-order valence-corrected chi connectivity index (χ1v) is 8.70. The number of ether oxygens (including phenoxy) is 1. The fourth-order valence-corrected chi connectivity index (χ4v) is 2.79. The van der Waals surface area contributed by atoms with Gasteiger partial charge in [-0.15, -0.1) is 10.2 Å². The molecule has 2 aromatic rings. The molecule has 0 saturated carbocycles. The van der Waals surface area contributed by atoms with Crippen LogP contribution in [0.25, 0.3) is 0 Å². The van der Waals surface area contributed by atoms with Gasteiger partial charge in [0.05, 0.1) is 0 Å². The standard InChI is InChI=1S/C16H19BrN4O3/c17-14-3-1-12(24-14)5-8-18-15-4-2-13(20-21-15)16(22)19-11-6-9-23-10-7-11/h1-4,11H,5-10H2,(H,18,21)(H,19,22). The number of anilines is 1. The fraction of sp³-hybridized carbons (Fsp3) is 0.438. The number of halogens is 1. The zero-order chi connectivity index (χ0) is 16.8. The Morgan fingerprint density at radius 2 is 2.04 bits per heavy atom. The van der Waals surface area contributed by atoms with Crippen LogP contribution in [0.3, 0.4) is 0 Å². The fourth-order valence-electron chi connectivity index (χ4n) is 2.45. The molecule has 1 fully saturated rings. The summed E-state index contributed by atoms with van der Waals surface area (Å²) in [6.45, 7) is 2.04. The first kappa shape index (κ1) is 16.9. The highest BCUT2D eigenvalue weighted by atomic mass is 79.9. The van der Waals surface area contributed by atoms with E-state index in [0.717, 1.165) is 29.7 Å². The number of aromatic nitrogens is 2. The second-order valence-corrected chi connectivity index (χ2v) is 6.33. The summed E-state index contributed by atoms with van der Waals surface area (Å²) in [6.07, 6.45) is 2.41. The highest BCUT2D eigenvalue weighted by Gasteiger charge is 2.17. The van der Waals surface area contributed by atoms with Crippen molar-refractivity contribution in [2.45, 2.75) is 25.3 Å². The van der Waals surface area contributed by atoms with Crippen molar-refractivity contribution in [3.63, 3.8) is 0 Å². The van der Waals surface area contributed by atoms with Crippen LogP contribution >= 0.6 is 15.9 Å². The predicted molar refractivity (Wildman–Crippen MR) is 91.9 cm³/mol. The van der Waals surface area contributed by atoms with Crippen LogP contribution in [-0.2, 0) is 11.2 Å². The molecule has 0 bridgehead atoms. The molecule has 3 heterocycles. The molecular formula is C16H19BrN4O3. The Bertz CT molecular complexity index is 668. The minimum Gasteiger partial charge on any atom is -0.454 e. The molecule has 1 aliphatic heterocycles. The average Bonchev–Trinajstić information content (AvgIpc) is 3.02. The molecule has 1 saturated heterocycles. The lowest BCUT2D eigenvalue weighted by atomic mass is 10.1. The van der Waals surface area contributed by atoms with Gasteiger partial charge in [0.15, 0.2) is 10.4 Å². The zero-order valence-electron chi connectivity index (χ0n) is 13.1. The van der Waals surface area contributed by atoms with E-state index in [1.165, 1.54) is 0 Å². The van der Waals surface area contributed by atoms with Gasteiger partial charge in [-0.2, -0.15) is 0 Å². The second kappa shape index (κ2) is 8.25. The highest BCUT2D eigenvalue weighted by molar-refractivity contribution is 9.10. The van der Waals surface area contributed by atoms with E-state index >= 15 is 0 Å². The number of furan rings is 1. The van der Waals surface area contributed by atoms with E-state index in [0.29, 0.717) is 31.3 Å². The molecule has 2 aromatic heterocycles. The van der Waals surface area contributed by atoms with Gasteiger partial charge in [0.2, 0.25) is 0 Å². The van der Waals surface area contributed by atoms with Crippen LogP contribution in [-0.4, -0.2) is 41.9 Å². The summed E-state index contributed by atoms with van der Waals surface area (Å²) in [7, 11) is 0. The smallest absolute Gasteiger partial charge is 0.272 e. The van der Waals surface area contributed by atoms with Crippen molar-refractivity contribution < 1.29 is 13.9 Å². The quantitative estimate of drug-likeness (QED) is 0.781. The largest absolute Gasteiger partial charge is 0.454 e. The number of hydrogen-bond donors (Lipinski definition) is 2. The lowest BCUT2D eigenvalue weighted by Crippen LogP contribution is -2.39.